The van der Waals surface area contributed by atoms with Crippen molar-refractivity contribution in [2.45, 2.75) is 44.9 Å². The molecule has 98 valence electrons. The van der Waals surface area contributed by atoms with E-state index in [0.29, 0.717) is 13.0 Å². The van der Waals surface area contributed by atoms with Crippen LogP contribution in [0, 0.1) is 0 Å². The summed E-state index contributed by atoms with van der Waals surface area (Å²) in [5.41, 5.74) is 1.18. The molecule has 0 bridgehead atoms. The van der Waals surface area contributed by atoms with E-state index in [9.17, 15) is 4.79 Å². The van der Waals surface area contributed by atoms with Crippen LogP contribution in [0.4, 0.5) is 0 Å². The molecular formula is C15H21NO2. The van der Waals surface area contributed by atoms with E-state index in [-0.39, 0.29) is 17.9 Å². The van der Waals surface area contributed by atoms with Gasteiger partial charge in [0.05, 0.1) is 12.7 Å². The van der Waals surface area contributed by atoms with E-state index in [1.54, 1.807) is 6.92 Å². The summed E-state index contributed by atoms with van der Waals surface area (Å²) in [7, 11) is 0. The molecule has 3 heteroatoms. The molecule has 0 radical (unpaired) electrons. The summed E-state index contributed by atoms with van der Waals surface area (Å²) in [6.07, 6.45) is 2.88. The summed E-state index contributed by atoms with van der Waals surface area (Å²) in [4.78, 5) is 11.2. The lowest BCUT2D eigenvalue weighted by Crippen LogP contribution is -2.46. The van der Waals surface area contributed by atoms with Crippen LogP contribution in [-0.2, 0) is 16.1 Å². The minimum absolute atomic E-state index is 0.155. The molecule has 0 spiro atoms. The summed E-state index contributed by atoms with van der Waals surface area (Å²) in [5, 5.41) is 3.39. The van der Waals surface area contributed by atoms with E-state index in [1.165, 1.54) is 5.56 Å². The van der Waals surface area contributed by atoms with Crippen molar-refractivity contribution >= 4 is 5.78 Å². The maximum atomic E-state index is 11.2. The number of hydrogen-bond donors (Lipinski definition) is 1. The SMILES string of the molecule is CC(=O)C[C@@H]1NCCC[C@@H]1OCc1ccccc1. The highest BCUT2D eigenvalue weighted by Crippen LogP contribution is 2.17. The number of ether oxygens (including phenoxy) is 1. The maximum absolute atomic E-state index is 11.2. The third-order valence-electron chi connectivity index (χ3n) is 3.34. The molecule has 1 fully saturated rings. The lowest BCUT2D eigenvalue weighted by atomic mass is 9.97. The number of carbonyl (C=O) groups is 1. The Morgan fingerprint density at radius 2 is 2.17 bits per heavy atom. The Morgan fingerprint density at radius 1 is 1.39 bits per heavy atom. The van der Waals surface area contributed by atoms with Gasteiger partial charge in [0.1, 0.15) is 5.78 Å². The van der Waals surface area contributed by atoms with Crippen molar-refractivity contribution in [1.29, 1.82) is 0 Å². The van der Waals surface area contributed by atoms with Crippen LogP contribution >= 0.6 is 0 Å². The first kappa shape index (κ1) is 13.2. The second kappa shape index (κ2) is 6.66. The zero-order valence-corrected chi connectivity index (χ0v) is 10.9. The van der Waals surface area contributed by atoms with E-state index >= 15 is 0 Å². The molecule has 1 saturated heterocycles. The Balaban J connectivity index is 1.87. The van der Waals surface area contributed by atoms with Crippen LogP contribution in [-0.4, -0.2) is 24.5 Å². The van der Waals surface area contributed by atoms with Gasteiger partial charge in [0.15, 0.2) is 0 Å². The molecular weight excluding hydrogens is 226 g/mol. The zero-order chi connectivity index (χ0) is 12.8. The van der Waals surface area contributed by atoms with Gasteiger partial charge in [0, 0.05) is 12.5 Å². The third-order valence-corrected chi connectivity index (χ3v) is 3.34. The highest BCUT2D eigenvalue weighted by Gasteiger charge is 2.26. The smallest absolute Gasteiger partial charge is 0.131 e. The van der Waals surface area contributed by atoms with Gasteiger partial charge in [0.2, 0.25) is 0 Å². The fourth-order valence-corrected chi connectivity index (χ4v) is 2.41. The van der Waals surface area contributed by atoms with Crippen molar-refractivity contribution in [3.05, 3.63) is 35.9 Å². The fraction of sp³-hybridized carbons (Fsp3) is 0.533. The van der Waals surface area contributed by atoms with E-state index in [2.05, 4.69) is 17.4 Å². The predicted octanol–water partition coefficient (Wildman–Crippen LogP) is 2.30. The molecule has 2 rings (SSSR count). The molecule has 0 aliphatic carbocycles. The maximum Gasteiger partial charge on any atom is 0.131 e. The van der Waals surface area contributed by atoms with E-state index in [4.69, 9.17) is 4.74 Å². The van der Waals surface area contributed by atoms with Crippen LogP contribution in [0.2, 0.25) is 0 Å². The van der Waals surface area contributed by atoms with Crippen molar-refractivity contribution in [3.63, 3.8) is 0 Å². The number of Topliss-reactive ketones (excluding diaryl/α,β-unsaturated/α-hetero) is 1. The first-order valence-electron chi connectivity index (χ1n) is 6.64. The number of benzene rings is 1. The Kier molecular flexibility index (Phi) is 4.90. The van der Waals surface area contributed by atoms with Crippen molar-refractivity contribution in [1.82, 2.24) is 5.32 Å². The van der Waals surface area contributed by atoms with Gasteiger partial charge in [-0.3, -0.25) is 4.79 Å². The standard InChI is InChI=1S/C15H21NO2/c1-12(17)10-14-15(8-5-9-16-14)18-11-13-6-3-2-4-7-13/h2-4,6-7,14-16H,5,8-11H2,1H3/t14-,15-/m0/s1. The lowest BCUT2D eigenvalue weighted by Gasteiger charge is -2.32. The Hall–Kier alpha value is -1.19. The van der Waals surface area contributed by atoms with Crippen molar-refractivity contribution < 1.29 is 9.53 Å². The monoisotopic (exact) mass is 247 g/mol. The number of rotatable bonds is 5. The summed E-state index contributed by atoms with van der Waals surface area (Å²) >= 11 is 0. The van der Waals surface area contributed by atoms with Gasteiger partial charge in [-0.15, -0.1) is 0 Å². The molecule has 18 heavy (non-hydrogen) atoms. The molecule has 0 unspecified atom stereocenters. The van der Waals surface area contributed by atoms with Crippen LogP contribution in [0.15, 0.2) is 30.3 Å². The first-order valence-corrected chi connectivity index (χ1v) is 6.64. The number of hydrogen-bond acceptors (Lipinski definition) is 3. The van der Waals surface area contributed by atoms with Gasteiger partial charge < -0.3 is 10.1 Å². The normalized spacial score (nSPS) is 23.8. The Morgan fingerprint density at radius 3 is 2.89 bits per heavy atom. The van der Waals surface area contributed by atoms with Crippen molar-refractivity contribution in [2.24, 2.45) is 0 Å². The minimum atomic E-state index is 0.155. The molecule has 2 atom stereocenters. The lowest BCUT2D eigenvalue weighted by molar-refractivity contribution is -0.119. The summed E-state index contributed by atoms with van der Waals surface area (Å²) in [5.74, 6) is 0.225. The van der Waals surface area contributed by atoms with Crippen molar-refractivity contribution in [2.75, 3.05) is 6.54 Å². The Bertz CT molecular complexity index is 377. The van der Waals surface area contributed by atoms with Gasteiger partial charge in [0.25, 0.3) is 0 Å². The van der Waals surface area contributed by atoms with Gasteiger partial charge in [-0.05, 0) is 31.9 Å². The second-order valence-corrected chi connectivity index (χ2v) is 4.94. The molecule has 1 heterocycles. The van der Waals surface area contributed by atoms with Crippen LogP contribution in [0.1, 0.15) is 31.7 Å². The van der Waals surface area contributed by atoms with Gasteiger partial charge >= 0.3 is 0 Å². The second-order valence-electron chi connectivity index (χ2n) is 4.94. The fourth-order valence-electron chi connectivity index (χ4n) is 2.41. The molecule has 3 nitrogen and oxygen atoms in total. The quantitative estimate of drug-likeness (QED) is 0.867. The van der Waals surface area contributed by atoms with Crippen LogP contribution in [0.25, 0.3) is 0 Å². The number of carbonyl (C=O) groups excluding carboxylic acids is 1. The molecule has 1 N–H and O–H groups in total. The summed E-state index contributed by atoms with van der Waals surface area (Å²) < 4.78 is 5.97. The topological polar surface area (TPSA) is 38.3 Å². The largest absolute Gasteiger partial charge is 0.372 e. The summed E-state index contributed by atoms with van der Waals surface area (Å²) in [6.45, 7) is 3.26. The van der Waals surface area contributed by atoms with E-state index < -0.39 is 0 Å². The highest BCUT2D eigenvalue weighted by molar-refractivity contribution is 5.76. The molecule has 0 aromatic heterocycles. The highest BCUT2D eigenvalue weighted by atomic mass is 16.5. The third kappa shape index (κ3) is 3.93. The Labute approximate surface area is 109 Å². The molecule has 1 aliphatic heterocycles. The number of nitrogens with one attached hydrogen (secondary N) is 1. The van der Waals surface area contributed by atoms with Crippen molar-refractivity contribution in [3.8, 4) is 0 Å². The zero-order valence-electron chi connectivity index (χ0n) is 10.9. The van der Waals surface area contributed by atoms with Gasteiger partial charge in [-0.25, -0.2) is 0 Å². The van der Waals surface area contributed by atoms with Gasteiger partial charge in [-0.2, -0.15) is 0 Å². The number of piperidine rings is 1. The molecule has 0 saturated carbocycles. The van der Waals surface area contributed by atoms with Gasteiger partial charge in [-0.1, -0.05) is 30.3 Å². The first-order chi connectivity index (χ1) is 8.75. The summed E-state index contributed by atoms with van der Waals surface area (Å²) in [6, 6.07) is 10.4. The minimum Gasteiger partial charge on any atom is -0.372 e. The molecule has 1 aliphatic rings. The number of ketones is 1. The van der Waals surface area contributed by atoms with Crippen LogP contribution in [0.5, 0.6) is 0 Å². The molecule has 1 aromatic rings. The molecule has 1 aromatic carbocycles. The average Bonchev–Trinajstić information content (AvgIpc) is 2.38. The van der Waals surface area contributed by atoms with E-state index in [0.717, 1.165) is 19.4 Å². The van der Waals surface area contributed by atoms with E-state index in [1.807, 2.05) is 18.2 Å². The average molecular weight is 247 g/mol. The molecule has 0 amide bonds. The predicted molar refractivity (Wildman–Crippen MR) is 71.3 cm³/mol. The van der Waals surface area contributed by atoms with Crippen LogP contribution in [0.3, 0.4) is 0 Å². The van der Waals surface area contributed by atoms with Crippen LogP contribution < -0.4 is 5.32 Å².